The average molecular weight is 506 g/mol. The maximum Gasteiger partial charge on any atom is 0.259 e. The SMILES string of the molecule is CCCCNC(=O)CC[C@H]1N=C2c3ccccc3N=C(SCC(=O)Nc3ccc(CC)cc3)N2C1=O. The van der Waals surface area contributed by atoms with E-state index >= 15 is 0 Å². The van der Waals surface area contributed by atoms with Crippen LogP contribution in [0.3, 0.4) is 0 Å². The minimum absolute atomic E-state index is 0.0753. The number of amides is 3. The van der Waals surface area contributed by atoms with Gasteiger partial charge in [-0.25, -0.2) is 9.89 Å². The zero-order chi connectivity index (χ0) is 25.5. The van der Waals surface area contributed by atoms with Crippen molar-refractivity contribution in [3.63, 3.8) is 0 Å². The summed E-state index contributed by atoms with van der Waals surface area (Å²) in [6, 6.07) is 14.6. The first kappa shape index (κ1) is 25.6. The van der Waals surface area contributed by atoms with Gasteiger partial charge in [-0.2, -0.15) is 0 Å². The molecule has 0 saturated heterocycles. The van der Waals surface area contributed by atoms with Gasteiger partial charge in [0.2, 0.25) is 11.8 Å². The normalized spacial score (nSPS) is 16.1. The van der Waals surface area contributed by atoms with Gasteiger partial charge in [0.05, 0.1) is 11.4 Å². The first-order chi connectivity index (χ1) is 17.5. The lowest BCUT2D eigenvalue weighted by atomic mass is 10.1. The topological polar surface area (TPSA) is 103 Å². The summed E-state index contributed by atoms with van der Waals surface area (Å²) in [5.74, 6) is 0.144. The number of carbonyl (C=O) groups excluding carboxylic acids is 3. The van der Waals surface area contributed by atoms with E-state index in [-0.39, 0.29) is 29.9 Å². The molecule has 36 heavy (non-hydrogen) atoms. The van der Waals surface area contributed by atoms with Gasteiger partial charge in [0.1, 0.15) is 11.9 Å². The fourth-order valence-corrected chi connectivity index (χ4v) is 4.80. The van der Waals surface area contributed by atoms with Crippen LogP contribution in [-0.2, 0) is 20.8 Å². The number of unbranched alkanes of at least 4 members (excludes halogenated alkanes) is 1. The molecule has 0 fully saturated rings. The summed E-state index contributed by atoms with van der Waals surface area (Å²) in [7, 11) is 0. The molecule has 0 unspecified atom stereocenters. The third kappa shape index (κ3) is 6.02. The number of hydrogen-bond acceptors (Lipinski definition) is 6. The number of aliphatic imine (C=N–C) groups is 2. The number of benzene rings is 2. The van der Waals surface area contributed by atoms with E-state index in [0.29, 0.717) is 29.7 Å². The maximum atomic E-state index is 13.3. The molecule has 2 aliphatic heterocycles. The highest BCUT2D eigenvalue weighted by molar-refractivity contribution is 8.14. The van der Waals surface area contributed by atoms with Gasteiger partial charge in [0, 0.05) is 24.2 Å². The fourth-order valence-electron chi connectivity index (χ4n) is 4.00. The lowest BCUT2D eigenvalue weighted by Crippen LogP contribution is -2.41. The number of aryl methyl sites for hydroxylation is 1. The summed E-state index contributed by atoms with van der Waals surface area (Å²) in [5.41, 5.74) is 3.40. The first-order valence-corrected chi connectivity index (χ1v) is 13.4. The van der Waals surface area contributed by atoms with Crippen molar-refractivity contribution in [2.45, 2.75) is 52.0 Å². The third-order valence-electron chi connectivity index (χ3n) is 6.02. The van der Waals surface area contributed by atoms with Crippen LogP contribution in [0.15, 0.2) is 58.5 Å². The summed E-state index contributed by atoms with van der Waals surface area (Å²) in [6.45, 7) is 4.79. The number of thioether (sulfide) groups is 1. The van der Waals surface area contributed by atoms with E-state index in [0.717, 1.165) is 30.5 Å². The minimum atomic E-state index is -0.653. The summed E-state index contributed by atoms with van der Waals surface area (Å²) in [6.07, 6.45) is 3.42. The Bertz CT molecular complexity index is 1190. The molecule has 0 aromatic heterocycles. The van der Waals surface area contributed by atoms with Gasteiger partial charge in [-0.05, 0) is 49.1 Å². The van der Waals surface area contributed by atoms with Crippen LogP contribution in [-0.4, -0.2) is 52.0 Å². The second-order valence-electron chi connectivity index (χ2n) is 8.68. The van der Waals surface area contributed by atoms with Crippen LogP contribution in [0.25, 0.3) is 0 Å². The van der Waals surface area contributed by atoms with E-state index in [1.54, 1.807) is 0 Å². The number of nitrogens with zero attached hydrogens (tertiary/aromatic N) is 3. The number of para-hydroxylation sites is 1. The highest BCUT2D eigenvalue weighted by Crippen LogP contribution is 2.34. The molecule has 2 aliphatic rings. The third-order valence-corrected chi connectivity index (χ3v) is 6.96. The van der Waals surface area contributed by atoms with Crippen molar-refractivity contribution >= 4 is 51.9 Å². The molecule has 2 aromatic carbocycles. The molecular weight excluding hydrogens is 474 g/mol. The predicted octanol–water partition coefficient (Wildman–Crippen LogP) is 4.28. The molecule has 0 spiro atoms. The van der Waals surface area contributed by atoms with Crippen molar-refractivity contribution in [1.29, 1.82) is 0 Å². The molecule has 2 N–H and O–H groups in total. The zero-order valence-corrected chi connectivity index (χ0v) is 21.4. The Balaban J connectivity index is 1.43. The predicted molar refractivity (Wildman–Crippen MR) is 145 cm³/mol. The second kappa shape index (κ2) is 12.0. The maximum absolute atomic E-state index is 13.3. The fraction of sp³-hybridized carbons (Fsp3) is 0.370. The minimum Gasteiger partial charge on any atom is -0.356 e. The quantitative estimate of drug-likeness (QED) is 0.471. The zero-order valence-electron chi connectivity index (χ0n) is 20.6. The van der Waals surface area contributed by atoms with Gasteiger partial charge >= 0.3 is 0 Å². The highest BCUT2D eigenvalue weighted by Gasteiger charge is 2.41. The number of carbonyl (C=O) groups is 3. The van der Waals surface area contributed by atoms with E-state index in [2.05, 4.69) is 34.5 Å². The number of nitrogens with one attached hydrogen (secondary N) is 2. The molecule has 0 bridgehead atoms. The standard InChI is InChI=1S/C27H31N5O3S/c1-3-5-16-28-23(33)15-14-22-26(35)32-25(30-22)20-8-6-7-9-21(20)31-27(32)36-17-24(34)29-19-12-10-18(4-2)11-13-19/h6-13,22H,3-5,14-17H2,1-2H3,(H,28,33)(H,29,34)/t22-/m1/s1. The molecule has 2 heterocycles. The van der Waals surface area contributed by atoms with E-state index in [1.165, 1.54) is 22.2 Å². The summed E-state index contributed by atoms with van der Waals surface area (Å²) < 4.78 is 0. The smallest absolute Gasteiger partial charge is 0.259 e. The van der Waals surface area contributed by atoms with Crippen LogP contribution >= 0.6 is 11.8 Å². The van der Waals surface area contributed by atoms with E-state index < -0.39 is 6.04 Å². The Morgan fingerprint density at radius 3 is 2.58 bits per heavy atom. The van der Waals surface area contributed by atoms with Crippen LogP contribution < -0.4 is 10.6 Å². The molecule has 0 radical (unpaired) electrons. The van der Waals surface area contributed by atoms with Crippen LogP contribution in [0.4, 0.5) is 11.4 Å². The van der Waals surface area contributed by atoms with Crippen molar-refractivity contribution in [3.8, 4) is 0 Å². The summed E-state index contributed by atoms with van der Waals surface area (Å²) in [4.78, 5) is 48.9. The highest BCUT2D eigenvalue weighted by atomic mass is 32.2. The molecule has 8 nitrogen and oxygen atoms in total. The van der Waals surface area contributed by atoms with E-state index in [1.807, 2.05) is 48.5 Å². The largest absolute Gasteiger partial charge is 0.356 e. The number of anilines is 1. The second-order valence-corrected chi connectivity index (χ2v) is 9.63. The molecule has 0 aliphatic carbocycles. The van der Waals surface area contributed by atoms with Gasteiger partial charge in [-0.15, -0.1) is 0 Å². The Hall–Kier alpha value is -3.46. The number of fused-ring (bicyclic) bond motifs is 3. The van der Waals surface area contributed by atoms with E-state index in [9.17, 15) is 14.4 Å². The van der Waals surface area contributed by atoms with Crippen molar-refractivity contribution < 1.29 is 14.4 Å². The Labute approximate surface area is 215 Å². The van der Waals surface area contributed by atoms with Crippen molar-refractivity contribution in [2.75, 3.05) is 17.6 Å². The van der Waals surface area contributed by atoms with Crippen LogP contribution in [0, 0.1) is 0 Å². The van der Waals surface area contributed by atoms with Gasteiger partial charge in [0.25, 0.3) is 5.91 Å². The summed E-state index contributed by atoms with van der Waals surface area (Å²) in [5, 5.41) is 6.20. The van der Waals surface area contributed by atoms with Gasteiger partial charge in [-0.1, -0.05) is 56.3 Å². The molecule has 1 atom stereocenters. The van der Waals surface area contributed by atoms with Gasteiger partial charge in [-0.3, -0.25) is 19.4 Å². The average Bonchev–Trinajstić information content (AvgIpc) is 3.23. The molecular formula is C27H31N5O3S. The lowest BCUT2D eigenvalue weighted by Gasteiger charge is -2.25. The van der Waals surface area contributed by atoms with Gasteiger partial charge in [0.15, 0.2) is 5.17 Å². The van der Waals surface area contributed by atoms with Gasteiger partial charge < -0.3 is 10.6 Å². The molecule has 4 rings (SSSR count). The lowest BCUT2D eigenvalue weighted by molar-refractivity contribution is -0.125. The Morgan fingerprint density at radius 2 is 1.83 bits per heavy atom. The van der Waals surface area contributed by atoms with Crippen molar-refractivity contribution in [3.05, 3.63) is 59.7 Å². The first-order valence-electron chi connectivity index (χ1n) is 12.4. The monoisotopic (exact) mass is 505 g/mol. The van der Waals surface area contributed by atoms with Crippen LogP contribution in [0.5, 0.6) is 0 Å². The molecule has 0 saturated carbocycles. The van der Waals surface area contributed by atoms with Crippen LogP contribution in [0.1, 0.15) is 50.7 Å². The number of hydrogen-bond donors (Lipinski definition) is 2. The molecule has 188 valence electrons. The van der Waals surface area contributed by atoms with Crippen molar-refractivity contribution in [1.82, 2.24) is 10.2 Å². The Kier molecular flexibility index (Phi) is 8.53. The summed E-state index contributed by atoms with van der Waals surface area (Å²) >= 11 is 1.20. The number of rotatable bonds is 10. The number of amidine groups is 2. The van der Waals surface area contributed by atoms with Crippen LogP contribution in [0.2, 0.25) is 0 Å². The molecule has 9 heteroatoms. The molecule has 2 aromatic rings. The Morgan fingerprint density at radius 1 is 1.06 bits per heavy atom. The molecule has 3 amide bonds. The van der Waals surface area contributed by atoms with Crippen molar-refractivity contribution in [2.24, 2.45) is 9.98 Å². The van der Waals surface area contributed by atoms with E-state index in [4.69, 9.17) is 0 Å².